The van der Waals surface area contributed by atoms with Gasteiger partial charge in [0.05, 0.1) is 36.0 Å². The van der Waals surface area contributed by atoms with Gasteiger partial charge >= 0.3 is 0 Å². The van der Waals surface area contributed by atoms with Crippen LogP contribution in [0.5, 0.6) is 0 Å². The van der Waals surface area contributed by atoms with E-state index in [2.05, 4.69) is 45.5 Å². The van der Waals surface area contributed by atoms with Crippen LogP contribution in [0, 0.1) is 10.8 Å². The zero-order valence-electron chi connectivity index (χ0n) is 43.7. The van der Waals surface area contributed by atoms with E-state index in [1.165, 1.54) is 0 Å². The van der Waals surface area contributed by atoms with Crippen molar-refractivity contribution in [1.29, 1.82) is 0 Å². The third-order valence-corrected chi connectivity index (χ3v) is 18.5. The van der Waals surface area contributed by atoms with E-state index in [-0.39, 0.29) is 56.7 Å². The molecule has 0 aliphatic carbocycles. The molecule has 4 saturated heterocycles. The van der Waals surface area contributed by atoms with Gasteiger partial charge in [-0.3, -0.25) is 28.8 Å². The van der Waals surface area contributed by atoms with Gasteiger partial charge in [-0.1, -0.05) is 114 Å². The van der Waals surface area contributed by atoms with Crippen LogP contribution in [0.25, 0.3) is 0 Å². The molecule has 398 valence electrons. The summed E-state index contributed by atoms with van der Waals surface area (Å²) in [5.74, 6) is -2.32. The van der Waals surface area contributed by atoms with Gasteiger partial charge < -0.3 is 52.0 Å². The van der Waals surface area contributed by atoms with E-state index in [9.17, 15) is 28.8 Å². The largest absolute Gasteiger partial charge is 0.381 e. The molecule has 6 amide bonds. The van der Waals surface area contributed by atoms with Gasteiger partial charge in [-0.25, -0.2) is 0 Å². The van der Waals surface area contributed by atoms with E-state index >= 15 is 0 Å². The molecule has 72 heavy (non-hydrogen) atoms. The lowest BCUT2D eigenvalue weighted by Gasteiger charge is -2.32. The van der Waals surface area contributed by atoms with Crippen molar-refractivity contribution in [2.45, 2.75) is 175 Å². The maximum atomic E-state index is 14.3. The molecule has 0 aromatic heterocycles. The molecule has 0 spiro atoms. The van der Waals surface area contributed by atoms with Gasteiger partial charge in [0.1, 0.15) is 24.2 Å². The molecule has 8 unspecified atom stereocenters. The van der Waals surface area contributed by atoms with E-state index in [0.29, 0.717) is 52.1 Å². The lowest BCUT2D eigenvalue weighted by molar-refractivity contribution is -0.142. The van der Waals surface area contributed by atoms with Gasteiger partial charge in [-0.15, -0.1) is 23.5 Å². The van der Waals surface area contributed by atoms with Crippen molar-refractivity contribution < 1.29 is 38.2 Å². The topological polar surface area (TPSA) is 228 Å². The quantitative estimate of drug-likeness (QED) is 0.0723. The van der Waals surface area contributed by atoms with Crippen LogP contribution in [0.3, 0.4) is 0 Å². The van der Waals surface area contributed by atoms with Crippen LogP contribution < -0.4 is 32.7 Å². The first kappa shape index (κ1) is 57.1. The van der Waals surface area contributed by atoms with Crippen molar-refractivity contribution in [3.8, 4) is 0 Å². The number of nitrogens with two attached hydrogens (primary N) is 2. The minimum atomic E-state index is -0.827. The molecule has 2 aromatic rings. The van der Waals surface area contributed by atoms with Crippen LogP contribution >= 0.6 is 23.5 Å². The SMILES string of the molecule is CN[C@@H](C)C(=O)NC1CC([C@H](COCCCCCCCCOC[C@H](c2ccccc2)C2CC(NC(=O)[C@H](C)NC)C(=O)N3C(CC(C)(C)C3C(N)=O)S2)c2ccccc2)SC2CC(C)(C)C(C(N)=O)N2C1=O. The summed E-state index contributed by atoms with van der Waals surface area (Å²) < 4.78 is 12.9. The number of hydrogen-bond donors (Lipinski definition) is 6. The molecule has 12 atom stereocenters. The predicted molar refractivity (Wildman–Crippen MR) is 285 cm³/mol. The number of nitrogens with one attached hydrogen (secondary N) is 4. The van der Waals surface area contributed by atoms with Crippen molar-refractivity contribution >= 4 is 59.0 Å². The summed E-state index contributed by atoms with van der Waals surface area (Å²) in [6, 6.07) is 16.2. The molecule has 16 nitrogen and oxygen atoms in total. The van der Waals surface area contributed by atoms with Crippen LogP contribution in [-0.2, 0) is 38.2 Å². The minimum Gasteiger partial charge on any atom is -0.381 e. The molecule has 4 heterocycles. The molecule has 18 heteroatoms. The second-order valence-electron chi connectivity index (χ2n) is 21.7. The summed E-state index contributed by atoms with van der Waals surface area (Å²) in [4.78, 5) is 84.2. The Morgan fingerprint density at radius 1 is 0.611 bits per heavy atom. The van der Waals surface area contributed by atoms with E-state index in [4.69, 9.17) is 20.9 Å². The van der Waals surface area contributed by atoms with E-state index in [0.717, 1.165) is 49.7 Å². The van der Waals surface area contributed by atoms with E-state index in [1.54, 1.807) is 61.3 Å². The second-order valence-corrected chi connectivity index (χ2v) is 24.5. The number of thioether (sulfide) groups is 2. The minimum absolute atomic E-state index is 0.0702. The molecule has 2 aromatic carbocycles. The summed E-state index contributed by atoms with van der Waals surface area (Å²) in [5.41, 5.74) is 13.1. The van der Waals surface area contributed by atoms with E-state index < -0.39 is 58.9 Å². The fourth-order valence-electron chi connectivity index (χ4n) is 11.1. The molecule has 8 N–H and O–H groups in total. The molecule has 0 bridgehead atoms. The molecule has 0 saturated carbocycles. The van der Waals surface area contributed by atoms with Crippen LogP contribution in [0.2, 0.25) is 0 Å². The first-order valence-corrected chi connectivity index (χ1v) is 27.9. The number of carbonyl (C=O) groups excluding carboxylic acids is 6. The number of benzene rings is 2. The standard InChI is InChI=1S/C54H82N8O8S2/c1-33(57-7)49(65)59-39-27-41(71-43-29-53(3,4)45(47(55)63)61(43)51(39)67)37(35-21-15-13-16-22-35)31-69-25-19-11-9-10-12-20-26-70-32-38(36-23-17-14-18-24-36)42-28-40(60-50(66)34(2)58-8)52(68)62-44(72-42)30-54(5,6)46(62)48(56)64/h13-18,21-24,33-34,37-46,57-58H,9-12,19-20,25-32H2,1-8H3,(H2,55,63)(H2,56,64)(H,59,65)(H,60,66)/t33-,34-,37+,38+,39?,40?,41?,42?,43?,44?,45?,46?/m0/s1. The molecular weight excluding hydrogens is 953 g/mol. The third kappa shape index (κ3) is 13.9. The van der Waals surface area contributed by atoms with Gasteiger partial charge in [-0.05, 0) is 88.4 Å². The molecule has 4 fully saturated rings. The maximum Gasteiger partial charge on any atom is 0.246 e. The number of fused-ring (bicyclic) bond motifs is 2. The lowest BCUT2D eigenvalue weighted by Crippen LogP contribution is -2.57. The average Bonchev–Trinajstić information content (AvgIpc) is 3.69. The Hall–Kier alpha value is -4.20. The summed E-state index contributed by atoms with van der Waals surface area (Å²) >= 11 is 3.38. The number of likely N-dealkylation sites (N-methyl/N-ethyl adjacent to an activating group) is 2. The van der Waals surface area contributed by atoms with Gasteiger partial charge in [0.15, 0.2) is 0 Å². The highest BCUT2D eigenvalue weighted by Crippen LogP contribution is 2.52. The summed E-state index contributed by atoms with van der Waals surface area (Å²) in [7, 11) is 3.40. The highest BCUT2D eigenvalue weighted by Gasteiger charge is 2.57. The van der Waals surface area contributed by atoms with Crippen molar-refractivity contribution in [1.82, 2.24) is 31.1 Å². The second kappa shape index (κ2) is 25.8. The Morgan fingerprint density at radius 2 is 0.958 bits per heavy atom. The highest BCUT2D eigenvalue weighted by molar-refractivity contribution is 8.00. The molecule has 0 radical (unpaired) electrons. The number of nitrogens with zero attached hydrogens (tertiary/aromatic N) is 2. The highest BCUT2D eigenvalue weighted by atomic mass is 32.2. The summed E-state index contributed by atoms with van der Waals surface area (Å²) in [6.07, 6.45) is 7.96. The first-order chi connectivity index (χ1) is 34.3. The fourth-order valence-corrected chi connectivity index (χ4v) is 15.2. The Morgan fingerprint density at radius 3 is 1.29 bits per heavy atom. The number of primary amides is 2. The van der Waals surface area contributed by atoms with Crippen LogP contribution in [-0.4, -0.2) is 143 Å². The number of amides is 6. The van der Waals surface area contributed by atoms with E-state index in [1.807, 2.05) is 64.1 Å². The number of hydrogen-bond acceptors (Lipinski definition) is 12. The van der Waals surface area contributed by atoms with Gasteiger partial charge in [-0.2, -0.15) is 0 Å². The van der Waals surface area contributed by atoms with Crippen molar-refractivity contribution in [3.63, 3.8) is 0 Å². The van der Waals surface area contributed by atoms with Gasteiger partial charge in [0, 0.05) is 35.5 Å². The van der Waals surface area contributed by atoms with Crippen molar-refractivity contribution in [3.05, 3.63) is 71.8 Å². The van der Waals surface area contributed by atoms with Gasteiger partial charge in [0.2, 0.25) is 35.4 Å². The van der Waals surface area contributed by atoms with Crippen molar-refractivity contribution in [2.24, 2.45) is 22.3 Å². The zero-order valence-corrected chi connectivity index (χ0v) is 45.4. The first-order valence-electron chi connectivity index (χ1n) is 26.0. The number of carbonyl (C=O) groups is 6. The number of ether oxygens (including phenoxy) is 2. The predicted octanol–water partition coefficient (Wildman–Crippen LogP) is 5.00. The average molecular weight is 1040 g/mol. The Kier molecular flexibility index (Phi) is 20.5. The number of rotatable bonds is 25. The summed E-state index contributed by atoms with van der Waals surface area (Å²) in [5, 5.41) is 11.2. The third-order valence-electron chi connectivity index (χ3n) is 15.4. The number of unbranched alkanes of at least 4 members (excludes halogenated alkanes) is 5. The Balaban J connectivity index is 1.01. The van der Waals surface area contributed by atoms with Crippen molar-refractivity contribution in [2.75, 3.05) is 40.5 Å². The monoisotopic (exact) mass is 1030 g/mol. The fraction of sp³-hybridized carbons (Fsp3) is 0.667. The Bertz CT molecular complexity index is 2000. The summed E-state index contributed by atoms with van der Waals surface area (Å²) in [6.45, 7) is 13.5. The molecule has 6 rings (SSSR count). The van der Waals surface area contributed by atoms with Crippen LogP contribution in [0.15, 0.2) is 60.7 Å². The lowest BCUT2D eigenvalue weighted by atomic mass is 9.84. The molecule has 4 aliphatic rings. The van der Waals surface area contributed by atoms with Crippen LogP contribution in [0.1, 0.15) is 129 Å². The normalized spacial score (nSPS) is 27.4. The maximum absolute atomic E-state index is 14.3. The smallest absolute Gasteiger partial charge is 0.246 e. The van der Waals surface area contributed by atoms with Crippen LogP contribution in [0.4, 0.5) is 0 Å². The molecule has 4 aliphatic heterocycles. The Labute approximate surface area is 436 Å². The molecular formula is C54H82N8O8S2. The van der Waals surface area contributed by atoms with Gasteiger partial charge in [0.25, 0.3) is 0 Å². The zero-order chi connectivity index (χ0) is 52.3.